The second-order valence-corrected chi connectivity index (χ2v) is 6.87. The Morgan fingerprint density at radius 1 is 1.15 bits per heavy atom. The molecule has 2 aromatic heterocycles. The minimum Gasteiger partial charge on any atom is -0.349 e. The van der Waals surface area contributed by atoms with Gasteiger partial charge in [-0.05, 0) is 49.6 Å². The quantitative estimate of drug-likeness (QED) is 0.762. The number of carbonyl (C=O) groups excluding carboxylic acids is 1. The van der Waals surface area contributed by atoms with Crippen molar-refractivity contribution >= 4 is 17.5 Å². The van der Waals surface area contributed by atoms with Crippen molar-refractivity contribution < 1.29 is 4.79 Å². The molecule has 0 radical (unpaired) electrons. The van der Waals surface area contributed by atoms with Crippen molar-refractivity contribution in [1.82, 2.24) is 14.3 Å². The van der Waals surface area contributed by atoms with Gasteiger partial charge in [0.15, 0.2) is 0 Å². The molecule has 1 aromatic carbocycles. The third-order valence-electron chi connectivity index (χ3n) is 4.87. The minimum absolute atomic E-state index is 0.113. The molecule has 0 aliphatic carbocycles. The molecular weight excluding hydrogens is 326 g/mol. The molecule has 6 nitrogen and oxygen atoms in total. The first-order chi connectivity index (χ1) is 12.5. The number of anilines is 2. The molecule has 0 spiro atoms. The standard InChI is InChI=1S/C20H23N5O/c1-14-7-8-15(2)16(12-14)21-20(26)24-10-5-11-25-19(24)13-17(22-25)18-6-4-9-23(18)3/h4,6-9,12-13H,5,10-11H2,1-3H3,(H,21,26). The molecule has 134 valence electrons. The van der Waals surface area contributed by atoms with Gasteiger partial charge in [-0.3, -0.25) is 4.90 Å². The van der Waals surface area contributed by atoms with Crippen LogP contribution >= 0.6 is 0 Å². The summed E-state index contributed by atoms with van der Waals surface area (Å²) in [5, 5.41) is 7.76. The molecule has 3 heterocycles. The van der Waals surface area contributed by atoms with E-state index >= 15 is 0 Å². The molecule has 1 aliphatic heterocycles. The van der Waals surface area contributed by atoms with Crippen LogP contribution in [0.4, 0.5) is 16.3 Å². The Hall–Kier alpha value is -3.02. The summed E-state index contributed by atoms with van der Waals surface area (Å²) in [5.41, 5.74) is 4.97. The van der Waals surface area contributed by atoms with Gasteiger partial charge in [-0.15, -0.1) is 0 Å². The van der Waals surface area contributed by atoms with E-state index in [9.17, 15) is 4.79 Å². The number of hydrogen-bond acceptors (Lipinski definition) is 2. The van der Waals surface area contributed by atoms with Crippen molar-refractivity contribution in [3.8, 4) is 11.4 Å². The van der Waals surface area contributed by atoms with Gasteiger partial charge in [0.2, 0.25) is 0 Å². The van der Waals surface area contributed by atoms with Gasteiger partial charge in [0, 0.05) is 38.1 Å². The lowest BCUT2D eigenvalue weighted by Gasteiger charge is -2.28. The second-order valence-electron chi connectivity index (χ2n) is 6.87. The summed E-state index contributed by atoms with van der Waals surface area (Å²) in [5.74, 6) is 0.843. The van der Waals surface area contributed by atoms with Crippen LogP contribution in [0, 0.1) is 13.8 Å². The first kappa shape index (κ1) is 16.4. The van der Waals surface area contributed by atoms with Crippen LogP contribution in [0.25, 0.3) is 11.4 Å². The number of urea groups is 1. The summed E-state index contributed by atoms with van der Waals surface area (Å²) in [4.78, 5) is 14.7. The Bertz CT molecular complexity index is 968. The van der Waals surface area contributed by atoms with E-state index in [1.54, 1.807) is 4.90 Å². The van der Waals surface area contributed by atoms with Crippen LogP contribution < -0.4 is 10.2 Å². The molecule has 3 aromatic rings. The molecule has 4 rings (SSSR count). The molecule has 2 amide bonds. The van der Waals surface area contributed by atoms with Crippen LogP contribution in [0.2, 0.25) is 0 Å². The Morgan fingerprint density at radius 3 is 2.77 bits per heavy atom. The van der Waals surface area contributed by atoms with Crippen LogP contribution in [0.5, 0.6) is 0 Å². The fourth-order valence-corrected chi connectivity index (χ4v) is 3.39. The molecular formula is C20H23N5O. The maximum Gasteiger partial charge on any atom is 0.327 e. The predicted octanol–water partition coefficient (Wildman–Crippen LogP) is 3.95. The fraction of sp³-hybridized carbons (Fsp3) is 0.300. The summed E-state index contributed by atoms with van der Waals surface area (Å²) < 4.78 is 3.96. The number of benzene rings is 1. The number of amides is 2. The van der Waals surface area contributed by atoms with Crippen molar-refractivity contribution in [2.45, 2.75) is 26.8 Å². The second kappa shape index (κ2) is 6.37. The van der Waals surface area contributed by atoms with Gasteiger partial charge in [-0.25, -0.2) is 9.48 Å². The van der Waals surface area contributed by atoms with Crippen molar-refractivity contribution in [1.29, 1.82) is 0 Å². The average molecular weight is 349 g/mol. The van der Waals surface area contributed by atoms with Crippen LogP contribution in [-0.2, 0) is 13.6 Å². The zero-order valence-corrected chi connectivity index (χ0v) is 15.4. The lowest BCUT2D eigenvalue weighted by Crippen LogP contribution is -2.40. The molecule has 0 saturated heterocycles. The fourth-order valence-electron chi connectivity index (χ4n) is 3.39. The van der Waals surface area contributed by atoms with E-state index in [1.165, 1.54) is 0 Å². The topological polar surface area (TPSA) is 55.1 Å². The van der Waals surface area contributed by atoms with Crippen molar-refractivity contribution in [2.24, 2.45) is 7.05 Å². The molecule has 0 fully saturated rings. The smallest absolute Gasteiger partial charge is 0.327 e. The summed E-state index contributed by atoms with van der Waals surface area (Å²) >= 11 is 0. The van der Waals surface area contributed by atoms with Crippen LogP contribution in [0.15, 0.2) is 42.6 Å². The number of rotatable bonds is 2. The Morgan fingerprint density at radius 2 is 2.00 bits per heavy atom. The van der Waals surface area contributed by atoms with E-state index in [-0.39, 0.29) is 6.03 Å². The first-order valence-electron chi connectivity index (χ1n) is 8.88. The van der Waals surface area contributed by atoms with Gasteiger partial charge in [0.25, 0.3) is 0 Å². The third kappa shape index (κ3) is 2.87. The van der Waals surface area contributed by atoms with E-state index in [0.29, 0.717) is 6.54 Å². The lowest BCUT2D eigenvalue weighted by atomic mass is 10.1. The molecule has 26 heavy (non-hydrogen) atoms. The van der Waals surface area contributed by atoms with Crippen LogP contribution in [-0.4, -0.2) is 26.9 Å². The summed E-state index contributed by atoms with van der Waals surface area (Å²) in [6.07, 6.45) is 2.89. The van der Waals surface area contributed by atoms with E-state index in [2.05, 4.69) is 5.32 Å². The van der Waals surface area contributed by atoms with E-state index in [0.717, 1.165) is 47.0 Å². The highest BCUT2D eigenvalue weighted by molar-refractivity contribution is 6.02. The lowest BCUT2D eigenvalue weighted by molar-refractivity contribution is 0.255. The largest absolute Gasteiger partial charge is 0.349 e. The highest BCUT2D eigenvalue weighted by atomic mass is 16.2. The molecule has 0 saturated carbocycles. The monoisotopic (exact) mass is 349 g/mol. The molecule has 0 unspecified atom stereocenters. The van der Waals surface area contributed by atoms with Gasteiger partial charge in [0.05, 0.1) is 5.69 Å². The predicted molar refractivity (Wildman–Crippen MR) is 104 cm³/mol. The molecule has 0 bridgehead atoms. The summed E-state index contributed by atoms with van der Waals surface area (Å²) in [7, 11) is 2.00. The number of nitrogens with one attached hydrogen (secondary N) is 1. The van der Waals surface area contributed by atoms with Crippen molar-refractivity contribution in [3.05, 3.63) is 53.7 Å². The van der Waals surface area contributed by atoms with E-state index in [1.807, 2.05) is 72.7 Å². The zero-order valence-electron chi connectivity index (χ0n) is 15.4. The van der Waals surface area contributed by atoms with E-state index < -0.39 is 0 Å². The normalized spacial score (nSPS) is 13.6. The van der Waals surface area contributed by atoms with Crippen LogP contribution in [0.3, 0.4) is 0 Å². The Kier molecular flexibility index (Phi) is 4.03. The number of aryl methyl sites for hydroxylation is 4. The van der Waals surface area contributed by atoms with Gasteiger partial charge in [-0.2, -0.15) is 5.10 Å². The number of carbonyl (C=O) groups is 1. The highest BCUT2D eigenvalue weighted by Gasteiger charge is 2.25. The molecule has 1 aliphatic rings. The zero-order chi connectivity index (χ0) is 18.3. The maximum absolute atomic E-state index is 12.9. The number of nitrogens with zero attached hydrogens (tertiary/aromatic N) is 4. The molecule has 1 N–H and O–H groups in total. The van der Waals surface area contributed by atoms with Gasteiger partial charge in [0.1, 0.15) is 11.5 Å². The number of hydrogen-bond donors (Lipinski definition) is 1. The molecule has 6 heteroatoms. The third-order valence-corrected chi connectivity index (χ3v) is 4.87. The number of aromatic nitrogens is 3. The minimum atomic E-state index is -0.113. The van der Waals surface area contributed by atoms with E-state index in [4.69, 9.17) is 5.10 Å². The van der Waals surface area contributed by atoms with Gasteiger partial charge < -0.3 is 9.88 Å². The highest BCUT2D eigenvalue weighted by Crippen LogP contribution is 2.28. The Balaban J connectivity index is 1.63. The average Bonchev–Trinajstić information content (AvgIpc) is 3.23. The Labute approximate surface area is 153 Å². The van der Waals surface area contributed by atoms with Crippen molar-refractivity contribution in [3.63, 3.8) is 0 Å². The summed E-state index contributed by atoms with van der Waals surface area (Å²) in [6.45, 7) is 5.54. The number of fused-ring (bicyclic) bond motifs is 1. The van der Waals surface area contributed by atoms with Gasteiger partial charge in [-0.1, -0.05) is 12.1 Å². The van der Waals surface area contributed by atoms with Gasteiger partial charge >= 0.3 is 6.03 Å². The summed E-state index contributed by atoms with van der Waals surface area (Å²) in [6, 6.07) is 12.0. The molecule has 0 atom stereocenters. The van der Waals surface area contributed by atoms with Crippen molar-refractivity contribution in [2.75, 3.05) is 16.8 Å². The van der Waals surface area contributed by atoms with Crippen LogP contribution in [0.1, 0.15) is 17.5 Å². The SMILES string of the molecule is Cc1ccc(C)c(NC(=O)N2CCCn3nc(-c4cccn4C)cc32)c1. The first-order valence-corrected chi connectivity index (χ1v) is 8.88. The maximum atomic E-state index is 12.9.